The van der Waals surface area contributed by atoms with Crippen LogP contribution in [0, 0.1) is 11.3 Å². The molecular weight excluding hydrogens is 140 g/mol. The molecule has 0 radical (unpaired) electrons. The van der Waals surface area contributed by atoms with Crippen LogP contribution in [0.2, 0.25) is 0 Å². The van der Waals surface area contributed by atoms with E-state index in [-0.39, 0.29) is 0 Å². The number of rotatable bonds is 2. The summed E-state index contributed by atoms with van der Waals surface area (Å²) in [5.41, 5.74) is 0.930. The number of pyridine rings is 1. The third-order valence-electron chi connectivity index (χ3n) is 1.29. The van der Waals surface area contributed by atoms with Gasteiger partial charge < -0.3 is 4.74 Å². The third-order valence-corrected chi connectivity index (χ3v) is 1.29. The highest BCUT2D eigenvalue weighted by Gasteiger charge is 1.94. The van der Waals surface area contributed by atoms with Gasteiger partial charge >= 0.3 is 0 Å². The Kier molecular flexibility index (Phi) is 2.45. The lowest BCUT2D eigenvalue weighted by molar-refractivity contribution is 0.397. The summed E-state index contributed by atoms with van der Waals surface area (Å²) in [5.74, 6) is 0.553. The van der Waals surface area contributed by atoms with Gasteiger partial charge in [0.1, 0.15) is 0 Å². The van der Waals surface area contributed by atoms with Crippen LogP contribution in [0.1, 0.15) is 5.56 Å². The molecule has 3 nitrogen and oxygen atoms in total. The van der Waals surface area contributed by atoms with Gasteiger partial charge in [-0.3, -0.25) is 0 Å². The van der Waals surface area contributed by atoms with Crippen molar-refractivity contribution in [1.82, 2.24) is 4.98 Å². The van der Waals surface area contributed by atoms with Gasteiger partial charge in [-0.25, -0.2) is 4.98 Å². The molecule has 0 bridgehead atoms. The molecule has 1 aromatic rings. The lowest BCUT2D eigenvalue weighted by atomic mass is 10.2. The van der Waals surface area contributed by atoms with Crippen molar-refractivity contribution in [3.8, 4) is 11.9 Å². The van der Waals surface area contributed by atoms with Gasteiger partial charge in [0.15, 0.2) is 0 Å². The number of ether oxygens (including phenoxy) is 1. The van der Waals surface area contributed by atoms with E-state index in [0.29, 0.717) is 12.3 Å². The SMILES string of the molecule is COc1cc(CC#N)ccn1. The Morgan fingerprint density at radius 1 is 1.73 bits per heavy atom. The Morgan fingerprint density at radius 2 is 2.55 bits per heavy atom. The van der Waals surface area contributed by atoms with E-state index in [9.17, 15) is 0 Å². The Hall–Kier alpha value is -1.56. The summed E-state index contributed by atoms with van der Waals surface area (Å²) in [4.78, 5) is 3.91. The minimum Gasteiger partial charge on any atom is -0.481 e. The van der Waals surface area contributed by atoms with Crippen molar-refractivity contribution < 1.29 is 4.74 Å². The van der Waals surface area contributed by atoms with Gasteiger partial charge in [0.25, 0.3) is 0 Å². The van der Waals surface area contributed by atoms with Crippen LogP contribution in [0.25, 0.3) is 0 Å². The zero-order chi connectivity index (χ0) is 8.10. The van der Waals surface area contributed by atoms with E-state index in [2.05, 4.69) is 11.1 Å². The van der Waals surface area contributed by atoms with Crippen LogP contribution in [-0.2, 0) is 6.42 Å². The maximum atomic E-state index is 8.37. The van der Waals surface area contributed by atoms with E-state index >= 15 is 0 Å². The standard InChI is InChI=1S/C8H8N2O/c1-11-8-6-7(2-4-9)3-5-10-8/h3,5-6H,2H2,1H3. The van der Waals surface area contributed by atoms with Crippen LogP contribution in [0.4, 0.5) is 0 Å². The number of methoxy groups -OCH3 is 1. The normalized spacial score (nSPS) is 8.73. The monoisotopic (exact) mass is 148 g/mol. The van der Waals surface area contributed by atoms with Gasteiger partial charge in [-0.05, 0) is 11.6 Å². The number of nitriles is 1. The van der Waals surface area contributed by atoms with Crippen molar-refractivity contribution in [2.24, 2.45) is 0 Å². The molecule has 0 aliphatic carbocycles. The summed E-state index contributed by atoms with van der Waals surface area (Å²) in [6.07, 6.45) is 2.03. The summed E-state index contributed by atoms with van der Waals surface area (Å²) in [5, 5.41) is 8.37. The highest BCUT2D eigenvalue weighted by Crippen LogP contribution is 2.08. The summed E-state index contributed by atoms with van der Waals surface area (Å²) in [6, 6.07) is 5.60. The van der Waals surface area contributed by atoms with Crippen LogP contribution in [0.5, 0.6) is 5.88 Å². The number of hydrogen-bond donors (Lipinski definition) is 0. The molecule has 0 spiro atoms. The maximum absolute atomic E-state index is 8.37. The quantitative estimate of drug-likeness (QED) is 0.632. The largest absolute Gasteiger partial charge is 0.481 e. The highest BCUT2D eigenvalue weighted by molar-refractivity contribution is 5.22. The third kappa shape index (κ3) is 1.94. The predicted octanol–water partition coefficient (Wildman–Crippen LogP) is 1.16. The van der Waals surface area contributed by atoms with Gasteiger partial charge in [-0.15, -0.1) is 0 Å². The fourth-order valence-corrected chi connectivity index (χ4v) is 0.763. The molecule has 0 atom stereocenters. The van der Waals surface area contributed by atoms with E-state index < -0.39 is 0 Å². The Morgan fingerprint density at radius 3 is 3.18 bits per heavy atom. The first-order valence-electron chi connectivity index (χ1n) is 3.22. The van der Waals surface area contributed by atoms with Crippen LogP contribution < -0.4 is 4.74 Å². The Labute approximate surface area is 65.3 Å². The van der Waals surface area contributed by atoms with Crippen molar-refractivity contribution in [3.63, 3.8) is 0 Å². The van der Waals surface area contributed by atoms with Crippen molar-refractivity contribution in [1.29, 1.82) is 5.26 Å². The molecule has 56 valence electrons. The van der Waals surface area contributed by atoms with E-state index in [1.807, 2.05) is 0 Å². The van der Waals surface area contributed by atoms with Crippen LogP contribution in [0.15, 0.2) is 18.3 Å². The van der Waals surface area contributed by atoms with Crippen LogP contribution >= 0.6 is 0 Å². The first-order chi connectivity index (χ1) is 5.36. The number of hydrogen-bond acceptors (Lipinski definition) is 3. The molecule has 1 heterocycles. The molecule has 0 fully saturated rings. The maximum Gasteiger partial charge on any atom is 0.213 e. The van der Waals surface area contributed by atoms with E-state index in [1.54, 1.807) is 25.4 Å². The first-order valence-corrected chi connectivity index (χ1v) is 3.22. The molecule has 0 aliphatic rings. The molecular formula is C8H8N2O. The van der Waals surface area contributed by atoms with Crippen molar-refractivity contribution >= 4 is 0 Å². The summed E-state index contributed by atoms with van der Waals surface area (Å²) in [7, 11) is 1.55. The summed E-state index contributed by atoms with van der Waals surface area (Å²) >= 11 is 0. The highest BCUT2D eigenvalue weighted by atomic mass is 16.5. The Balaban J connectivity index is 2.84. The average molecular weight is 148 g/mol. The van der Waals surface area contributed by atoms with Crippen LogP contribution in [-0.4, -0.2) is 12.1 Å². The molecule has 0 N–H and O–H groups in total. The molecule has 0 saturated carbocycles. The van der Waals surface area contributed by atoms with E-state index in [4.69, 9.17) is 10.00 Å². The van der Waals surface area contributed by atoms with Crippen molar-refractivity contribution in [2.75, 3.05) is 7.11 Å². The zero-order valence-electron chi connectivity index (χ0n) is 6.24. The molecule has 0 amide bonds. The summed E-state index contributed by atoms with van der Waals surface area (Å²) < 4.78 is 4.88. The smallest absolute Gasteiger partial charge is 0.213 e. The second-order valence-corrected chi connectivity index (χ2v) is 2.04. The molecule has 1 rings (SSSR count). The minimum atomic E-state index is 0.402. The van der Waals surface area contributed by atoms with E-state index in [0.717, 1.165) is 5.56 Å². The molecule has 0 aromatic carbocycles. The van der Waals surface area contributed by atoms with E-state index in [1.165, 1.54) is 0 Å². The predicted molar refractivity (Wildman–Crippen MR) is 40.1 cm³/mol. The summed E-state index contributed by atoms with van der Waals surface area (Å²) in [6.45, 7) is 0. The van der Waals surface area contributed by atoms with Gasteiger partial charge in [-0.2, -0.15) is 5.26 Å². The lowest BCUT2D eigenvalue weighted by Crippen LogP contribution is -1.88. The van der Waals surface area contributed by atoms with Crippen molar-refractivity contribution in [3.05, 3.63) is 23.9 Å². The Bertz CT molecular complexity index is 278. The molecule has 11 heavy (non-hydrogen) atoms. The second-order valence-electron chi connectivity index (χ2n) is 2.04. The molecule has 0 aliphatic heterocycles. The van der Waals surface area contributed by atoms with Gasteiger partial charge in [0.05, 0.1) is 19.6 Å². The average Bonchev–Trinajstić information content (AvgIpc) is 2.06. The molecule has 0 unspecified atom stereocenters. The molecule has 3 heteroatoms. The minimum absolute atomic E-state index is 0.402. The first kappa shape index (κ1) is 7.55. The molecule has 1 aromatic heterocycles. The number of nitrogens with zero attached hydrogens (tertiary/aromatic N) is 2. The van der Waals surface area contributed by atoms with Crippen molar-refractivity contribution in [2.45, 2.75) is 6.42 Å². The number of aromatic nitrogens is 1. The van der Waals surface area contributed by atoms with Gasteiger partial charge in [0, 0.05) is 12.3 Å². The topological polar surface area (TPSA) is 45.9 Å². The zero-order valence-corrected chi connectivity index (χ0v) is 6.24. The second kappa shape index (κ2) is 3.57. The van der Waals surface area contributed by atoms with Gasteiger partial charge in [0.2, 0.25) is 5.88 Å². The fraction of sp³-hybridized carbons (Fsp3) is 0.250. The molecule has 0 saturated heterocycles. The van der Waals surface area contributed by atoms with Gasteiger partial charge in [-0.1, -0.05) is 0 Å². The fourth-order valence-electron chi connectivity index (χ4n) is 0.763. The lowest BCUT2D eigenvalue weighted by Gasteiger charge is -1.98. The van der Waals surface area contributed by atoms with Crippen LogP contribution in [0.3, 0.4) is 0 Å².